The van der Waals surface area contributed by atoms with Gasteiger partial charge < -0.3 is 9.64 Å². The molecule has 1 aromatic heterocycles. The normalized spacial score (nSPS) is 12.3. The Kier molecular flexibility index (Phi) is 4.44. The van der Waals surface area contributed by atoms with Gasteiger partial charge in [-0.2, -0.15) is 5.10 Å². The number of ether oxygens (including phenoxy) is 1. The molecule has 1 aliphatic heterocycles. The number of thioether (sulfide) groups is 1. The average molecular weight is 379 g/mol. The number of hydrogen-bond acceptors (Lipinski definition) is 4. The second kappa shape index (κ2) is 6.78. The van der Waals surface area contributed by atoms with Gasteiger partial charge >= 0.3 is 0 Å². The van der Waals surface area contributed by atoms with E-state index in [0.717, 1.165) is 33.8 Å². The number of nitrogens with zero attached hydrogens (tertiary/aromatic N) is 3. The maximum atomic E-state index is 13.3. The minimum Gasteiger partial charge on any atom is -0.495 e. The van der Waals surface area contributed by atoms with Crippen LogP contribution >= 0.6 is 11.8 Å². The van der Waals surface area contributed by atoms with Crippen LogP contribution in [0, 0.1) is 6.92 Å². The largest absolute Gasteiger partial charge is 0.495 e. The third-order valence-electron chi connectivity index (χ3n) is 4.86. The van der Waals surface area contributed by atoms with Crippen molar-refractivity contribution in [1.82, 2.24) is 9.78 Å². The van der Waals surface area contributed by atoms with Crippen molar-refractivity contribution in [3.63, 3.8) is 0 Å². The minimum absolute atomic E-state index is 0.129. The zero-order chi connectivity index (χ0) is 19.1. The van der Waals surface area contributed by atoms with E-state index in [4.69, 9.17) is 4.74 Å². The number of fused-ring (bicyclic) bond motifs is 3. The summed E-state index contributed by atoms with van der Waals surface area (Å²) in [4.78, 5) is 16.2. The third kappa shape index (κ3) is 2.90. The van der Waals surface area contributed by atoms with Crippen LogP contribution in [0.25, 0.3) is 11.3 Å². The summed E-state index contributed by atoms with van der Waals surface area (Å²) in [6.07, 6.45) is 0. The molecule has 0 unspecified atom stereocenters. The number of methoxy groups -OCH3 is 1. The molecule has 2 heterocycles. The molecule has 0 atom stereocenters. The number of amides is 1. The first-order chi connectivity index (χ1) is 13.0. The van der Waals surface area contributed by atoms with Crippen LogP contribution in [0.5, 0.6) is 5.75 Å². The monoisotopic (exact) mass is 379 g/mol. The van der Waals surface area contributed by atoms with Gasteiger partial charge in [0.05, 0.1) is 18.5 Å². The van der Waals surface area contributed by atoms with Gasteiger partial charge in [0.1, 0.15) is 5.75 Å². The van der Waals surface area contributed by atoms with Gasteiger partial charge in [-0.1, -0.05) is 24.3 Å². The second-order valence-electron chi connectivity index (χ2n) is 6.62. The molecule has 138 valence electrons. The van der Waals surface area contributed by atoms with Crippen LogP contribution in [-0.4, -0.2) is 29.8 Å². The fourth-order valence-corrected chi connectivity index (χ4v) is 4.55. The smallest absolute Gasteiger partial charge is 0.278 e. The van der Waals surface area contributed by atoms with Crippen LogP contribution < -0.4 is 9.64 Å². The molecule has 1 amide bonds. The molecule has 0 aliphatic carbocycles. The highest BCUT2D eigenvalue weighted by atomic mass is 32.2. The number of carbonyl (C=O) groups is 1. The highest BCUT2D eigenvalue weighted by molar-refractivity contribution is 7.98. The predicted octanol–water partition coefficient (Wildman–Crippen LogP) is 4.29. The van der Waals surface area contributed by atoms with Gasteiger partial charge in [0, 0.05) is 35.9 Å². The SMILES string of the molecule is COc1ccc(C)cc1N(C)C(=O)c1nn(C)c2c1CSc1ccccc1-2. The van der Waals surface area contributed by atoms with E-state index in [2.05, 4.69) is 17.2 Å². The molecule has 6 heteroatoms. The van der Waals surface area contributed by atoms with Crippen LogP contribution in [0.2, 0.25) is 0 Å². The molecule has 4 rings (SSSR count). The molecule has 1 aliphatic rings. The topological polar surface area (TPSA) is 47.4 Å². The molecule has 3 aromatic rings. The van der Waals surface area contributed by atoms with Crippen molar-refractivity contribution in [3.05, 3.63) is 59.3 Å². The van der Waals surface area contributed by atoms with Gasteiger partial charge in [-0.05, 0) is 30.7 Å². The molecular weight excluding hydrogens is 358 g/mol. The third-order valence-corrected chi connectivity index (χ3v) is 5.96. The van der Waals surface area contributed by atoms with Crippen LogP contribution in [0.1, 0.15) is 21.6 Å². The Labute approximate surface area is 162 Å². The van der Waals surface area contributed by atoms with Crippen molar-refractivity contribution < 1.29 is 9.53 Å². The standard InChI is InChI=1S/C21H21N3O2S/c1-13-9-10-17(26-4)16(11-13)23(2)21(25)19-15-12-27-18-8-6-5-7-14(18)20(15)24(3)22-19/h5-11H,12H2,1-4H3. The fraction of sp³-hybridized carbons (Fsp3) is 0.238. The van der Waals surface area contributed by atoms with Crippen LogP contribution in [-0.2, 0) is 12.8 Å². The lowest BCUT2D eigenvalue weighted by Gasteiger charge is -2.21. The van der Waals surface area contributed by atoms with Gasteiger partial charge in [-0.15, -0.1) is 11.8 Å². The maximum absolute atomic E-state index is 13.3. The van der Waals surface area contributed by atoms with Gasteiger partial charge in [-0.3, -0.25) is 9.48 Å². The number of aromatic nitrogens is 2. The van der Waals surface area contributed by atoms with E-state index in [1.54, 1.807) is 30.8 Å². The van der Waals surface area contributed by atoms with Gasteiger partial charge in [0.25, 0.3) is 5.91 Å². The lowest BCUT2D eigenvalue weighted by Crippen LogP contribution is -2.28. The average Bonchev–Trinajstić information content (AvgIpc) is 3.04. The van der Waals surface area contributed by atoms with Crippen LogP contribution in [0.15, 0.2) is 47.4 Å². The lowest BCUT2D eigenvalue weighted by molar-refractivity contribution is 0.0986. The minimum atomic E-state index is -0.129. The fourth-order valence-electron chi connectivity index (χ4n) is 3.48. The van der Waals surface area contributed by atoms with Gasteiger partial charge in [0.15, 0.2) is 5.69 Å². The summed E-state index contributed by atoms with van der Waals surface area (Å²) >= 11 is 1.75. The van der Waals surface area contributed by atoms with E-state index >= 15 is 0 Å². The summed E-state index contributed by atoms with van der Waals surface area (Å²) in [7, 11) is 5.28. The zero-order valence-corrected chi connectivity index (χ0v) is 16.6. The Morgan fingerprint density at radius 2 is 2.04 bits per heavy atom. The van der Waals surface area contributed by atoms with E-state index in [-0.39, 0.29) is 5.91 Å². The molecule has 5 nitrogen and oxygen atoms in total. The Morgan fingerprint density at radius 3 is 2.81 bits per heavy atom. The molecule has 0 N–H and O–H groups in total. The maximum Gasteiger partial charge on any atom is 0.278 e. The van der Waals surface area contributed by atoms with Crippen molar-refractivity contribution in [3.8, 4) is 17.0 Å². The van der Waals surface area contributed by atoms with E-state index in [9.17, 15) is 4.79 Å². The Morgan fingerprint density at radius 1 is 1.26 bits per heavy atom. The van der Waals surface area contributed by atoms with Crippen LogP contribution in [0.4, 0.5) is 5.69 Å². The van der Waals surface area contributed by atoms with Crippen LogP contribution in [0.3, 0.4) is 0 Å². The quantitative estimate of drug-likeness (QED) is 0.681. The second-order valence-corrected chi connectivity index (χ2v) is 7.64. The molecule has 0 spiro atoms. The molecule has 2 aromatic carbocycles. The molecule has 0 saturated carbocycles. The predicted molar refractivity (Wildman–Crippen MR) is 109 cm³/mol. The first-order valence-electron chi connectivity index (χ1n) is 8.72. The number of aryl methyl sites for hydroxylation is 2. The first-order valence-corrected chi connectivity index (χ1v) is 9.70. The molecule has 27 heavy (non-hydrogen) atoms. The summed E-state index contributed by atoms with van der Waals surface area (Å²) < 4.78 is 7.27. The number of benzene rings is 2. The van der Waals surface area contributed by atoms with Gasteiger partial charge in [0.2, 0.25) is 0 Å². The van der Waals surface area contributed by atoms with Crippen molar-refractivity contribution in [1.29, 1.82) is 0 Å². The number of anilines is 1. The number of carbonyl (C=O) groups excluding carboxylic acids is 1. The van der Waals surface area contributed by atoms with E-state index in [0.29, 0.717) is 11.4 Å². The van der Waals surface area contributed by atoms with Crippen molar-refractivity contribution in [2.24, 2.45) is 7.05 Å². The summed E-state index contributed by atoms with van der Waals surface area (Å²) in [6.45, 7) is 2.00. The first kappa shape index (κ1) is 17.7. The van der Waals surface area contributed by atoms with Gasteiger partial charge in [-0.25, -0.2) is 0 Å². The molecule has 0 radical (unpaired) electrons. The van der Waals surface area contributed by atoms with Crippen molar-refractivity contribution in [2.75, 3.05) is 19.1 Å². The summed E-state index contributed by atoms with van der Waals surface area (Å²) in [6, 6.07) is 14.1. The Bertz CT molecular complexity index is 1040. The lowest BCUT2D eigenvalue weighted by atomic mass is 10.1. The number of rotatable bonds is 3. The highest BCUT2D eigenvalue weighted by Gasteiger charge is 2.30. The summed E-state index contributed by atoms with van der Waals surface area (Å²) in [5.41, 5.74) is 5.46. The molecule has 0 bridgehead atoms. The molecule has 0 saturated heterocycles. The molecular formula is C21H21N3O2S. The summed E-state index contributed by atoms with van der Waals surface area (Å²) in [5.74, 6) is 1.27. The van der Waals surface area contributed by atoms with Crippen molar-refractivity contribution in [2.45, 2.75) is 17.6 Å². The molecule has 0 fully saturated rings. The zero-order valence-electron chi connectivity index (χ0n) is 15.8. The van der Waals surface area contributed by atoms with E-state index < -0.39 is 0 Å². The Balaban J connectivity index is 1.78. The Hall–Kier alpha value is -2.73. The highest BCUT2D eigenvalue weighted by Crippen LogP contribution is 2.42. The van der Waals surface area contributed by atoms with Crippen molar-refractivity contribution >= 4 is 23.4 Å². The van der Waals surface area contributed by atoms with E-state index in [1.807, 2.05) is 49.0 Å². The van der Waals surface area contributed by atoms with E-state index in [1.165, 1.54) is 4.90 Å². The number of hydrogen-bond donors (Lipinski definition) is 0. The summed E-state index contributed by atoms with van der Waals surface area (Å²) in [5, 5.41) is 4.59.